The Labute approximate surface area is 192 Å². The van der Waals surface area contributed by atoms with E-state index in [1.165, 1.54) is 35.0 Å². The summed E-state index contributed by atoms with van der Waals surface area (Å²) in [5, 5.41) is 24.4. The molecule has 0 fully saturated rings. The molecule has 176 valence electrons. The summed E-state index contributed by atoms with van der Waals surface area (Å²) in [6.07, 6.45) is 9.31. The maximum atomic E-state index is 10.8. The quantitative estimate of drug-likeness (QED) is 0.341. The lowest BCUT2D eigenvalue weighted by molar-refractivity contribution is -0.145. The molecule has 3 aromatic rings. The molecule has 3 heterocycles. The standard InChI is InChI=1S/2C6H9N3O2.C3H5BrO.C2H3N3/c1-2-11-6(10)5-9-4-3-7-8-9;1-2-11-6(10)5-9-7-3-4-8-9;1-3(5)2-4;1-2-4-5-3-1/h2*3-4H,2,5H2,1H3;2H2,1H3;1-2H,(H,3,4,5). The molecule has 0 saturated heterocycles. The maximum absolute atomic E-state index is 10.8. The smallest absolute Gasteiger partial charge is 0.329 e. The van der Waals surface area contributed by atoms with Crippen molar-refractivity contribution in [1.29, 1.82) is 0 Å². The monoisotopic (exact) mass is 515 g/mol. The number of H-pyrrole nitrogens is 1. The van der Waals surface area contributed by atoms with Gasteiger partial charge in [0.2, 0.25) is 0 Å². The predicted molar refractivity (Wildman–Crippen MR) is 114 cm³/mol. The molecule has 3 aromatic heterocycles. The van der Waals surface area contributed by atoms with E-state index in [0.717, 1.165) is 0 Å². The predicted octanol–water partition coefficient (Wildman–Crippen LogP) is 0.457. The number of halogens is 1. The van der Waals surface area contributed by atoms with E-state index in [2.05, 4.69) is 61.3 Å². The fourth-order valence-electron chi connectivity index (χ4n) is 1.47. The molecule has 15 heteroatoms. The number of hydrogen-bond acceptors (Lipinski definition) is 11. The number of carbonyl (C=O) groups excluding carboxylic acids is 3. The Hall–Kier alpha value is -3.49. The van der Waals surface area contributed by atoms with Crippen molar-refractivity contribution in [2.75, 3.05) is 18.5 Å². The zero-order chi connectivity index (χ0) is 24.0. The van der Waals surface area contributed by atoms with Gasteiger partial charge in [0.1, 0.15) is 12.3 Å². The Morgan fingerprint density at radius 1 is 0.906 bits per heavy atom. The van der Waals surface area contributed by atoms with E-state index in [1.54, 1.807) is 32.4 Å². The van der Waals surface area contributed by atoms with Crippen molar-refractivity contribution in [2.24, 2.45) is 0 Å². The number of hydrogen-bond donors (Lipinski definition) is 1. The van der Waals surface area contributed by atoms with E-state index < -0.39 is 0 Å². The van der Waals surface area contributed by atoms with Gasteiger partial charge in [-0.3, -0.25) is 9.59 Å². The molecule has 0 radical (unpaired) electrons. The second-order valence-electron chi connectivity index (χ2n) is 5.26. The Balaban J connectivity index is 0.000000428. The van der Waals surface area contributed by atoms with Crippen molar-refractivity contribution in [2.45, 2.75) is 33.9 Å². The highest BCUT2D eigenvalue weighted by atomic mass is 79.9. The zero-order valence-corrected chi connectivity index (χ0v) is 19.6. The van der Waals surface area contributed by atoms with Crippen LogP contribution in [0.5, 0.6) is 0 Å². The zero-order valence-electron chi connectivity index (χ0n) is 18.0. The first-order valence-electron chi connectivity index (χ1n) is 9.27. The molecular weight excluding hydrogens is 490 g/mol. The lowest BCUT2D eigenvalue weighted by Gasteiger charge is -1.99. The number of nitrogens with one attached hydrogen (secondary N) is 1. The normalized spacial score (nSPS) is 9.00. The van der Waals surface area contributed by atoms with Crippen LogP contribution in [0.4, 0.5) is 0 Å². The van der Waals surface area contributed by atoms with Gasteiger partial charge >= 0.3 is 11.9 Å². The molecule has 0 spiro atoms. The van der Waals surface area contributed by atoms with Crippen LogP contribution >= 0.6 is 15.9 Å². The summed E-state index contributed by atoms with van der Waals surface area (Å²) >= 11 is 2.96. The van der Waals surface area contributed by atoms with Crippen LogP contribution < -0.4 is 0 Å². The topological polar surface area (TPSA) is 173 Å². The van der Waals surface area contributed by atoms with Crippen LogP contribution in [0, 0.1) is 0 Å². The highest BCUT2D eigenvalue weighted by Crippen LogP contribution is 1.85. The lowest BCUT2D eigenvalue weighted by atomic mass is 10.5. The van der Waals surface area contributed by atoms with Crippen LogP contribution in [0.3, 0.4) is 0 Å². The maximum Gasteiger partial charge on any atom is 0.329 e. The number of rotatable bonds is 7. The SMILES string of the molecule is CC(=O)CBr.CCOC(=O)Cn1ccnn1.CCOC(=O)Cn1nccn1.c1cn[nH]n1. The van der Waals surface area contributed by atoms with Gasteiger partial charge < -0.3 is 9.47 Å². The van der Waals surface area contributed by atoms with Crippen LogP contribution in [0.1, 0.15) is 20.8 Å². The number of aromatic amines is 1. The van der Waals surface area contributed by atoms with E-state index >= 15 is 0 Å². The number of alkyl halides is 1. The van der Waals surface area contributed by atoms with Gasteiger partial charge in [-0.1, -0.05) is 21.1 Å². The number of nitrogens with zero attached hydrogens (tertiary/aromatic N) is 8. The van der Waals surface area contributed by atoms with Gasteiger partial charge in [0.05, 0.1) is 49.5 Å². The van der Waals surface area contributed by atoms with Crippen LogP contribution in [0.15, 0.2) is 37.2 Å². The van der Waals surface area contributed by atoms with Gasteiger partial charge in [0.15, 0.2) is 6.54 Å². The van der Waals surface area contributed by atoms with Crippen molar-refractivity contribution >= 4 is 33.7 Å². The van der Waals surface area contributed by atoms with Crippen LogP contribution in [-0.4, -0.2) is 81.7 Å². The largest absolute Gasteiger partial charge is 0.465 e. The van der Waals surface area contributed by atoms with Gasteiger partial charge in [-0.2, -0.15) is 30.4 Å². The van der Waals surface area contributed by atoms with Gasteiger partial charge in [0.25, 0.3) is 0 Å². The molecule has 14 nitrogen and oxygen atoms in total. The number of ether oxygens (including phenoxy) is 2. The lowest BCUT2D eigenvalue weighted by Crippen LogP contribution is -2.15. The number of Topliss-reactive ketones (excluding diaryl/α,β-unsaturated/α-hetero) is 1. The summed E-state index contributed by atoms with van der Waals surface area (Å²) in [7, 11) is 0. The number of aromatic nitrogens is 9. The van der Waals surface area contributed by atoms with Crippen LogP contribution in [0.2, 0.25) is 0 Å². The van der Waals surface area contributed by atoms with Gasteiger partial charge in [-0.15, -0.1) is 5.10 Å². The average Bonchev–Trinajstić information content (AvgIpc) is 3.54. The second-order valence-corrected chi connectivity index (χ2v) is 5.82. The molecule has 0 aromatic carbocycles. The first-order valence-corrected chi connectivity index (χ1v) is 10.4. The summed E-state index contributed by atoms with van der Waals surface area (Å²) in [5.41, 5.74) is 0. The fourth-order valence-corrected chi connectivity index (χ4v) is 1.47. The Morgan fingerprint density at radius 2 is 1.44 bits per heavy atom. The molecule has 3 rings (SSSR count). The molecule has 0 bridgehead atoms. The number of esters is 2. The first-order chi connectivity index (χ1) is 15.4. The Morgan fingerprint density at radius 3 is 1.81 bits per heavy atom. The number of ketones is 1. The Bertz CT molecular complexity index is 759. The van der Waals surface area contributed by atoms with E-state index in [0.29, 0.717) is 18.5 Å². The summed E-state index contributed by atoms with van der Waals surface area (Å²) in [4.78, 5) is 32.6. The van der Waals surface area contributed by atoms with Crippen molar-refractivity contribution in [3.63, 3.8) is 0 Å². The first kappa shape index (κ1) is 28.5. The molecule has 0 amide bonds. The molecular formula is C17H26BrN9O5. The van der Waals surface area contributed by atoms with E-state index in [4.69, 9.17) is 0 Å². The summed E-state index contributed by atoms with van der Waals surface area (Å²) in [6, 6.07) is 0. The molecule has 1 N–H and O–H groups in total. The molecule has 0 aliphatic carbocycles. The Kier molecular flexibility index (Phi) is 17.3. The van der Waals surface area contributed by atoms with Crippen molar-refractivity contribution < 1.29 is 23.9 Å². The van der Waals surface area contributed by atoms with Gasteiger partial charge in [-0.05, 0) is 20.8 Å². The highest BCUT2D eigenvalue weighted by Gasteiger charge is 2.02. The molecule has 0 unspecified atom stereocenters. The molecule has 0 aliphatic heterocycles. The van der Waals surface area contributed by atoms with E-state index in [9.17, 15) is 14.4 Å². The average molecular weight is 516 g/mol. The molecule has 0 saturated carbocycles. The molecule has 0 atom stereocenters. The molecule has 32 heavy (non-hydrogen) atoms. The van der Waals surface area contributed by atoms with Crippen molar-refractivity contribution in [3.05, 3.63) is 37.2 Å². The molecule has 0 aliphatic rings. The van der Waals surface area contributed by atoms with Crippen LogP contribution in [0.25, 0.3) is 0 Å². The summed E-state index contributed by atoms with van der Waals surface area (Å²) < 4.78 is 10.8. The summed E-state index contributed by atoms with van der Waals surface area (Å²) in [6.45, 7) is 6.06. The van der Waals surface area contributed by atoms with Crippen molar-refractivity contribution in [1.82, 2.24) is 45.4 Å². The third-order valence-electron chi connectivity index (χ3n) is 2.63. The minimum Gasteiger partial charge on any atom is -0.465 e. The third kappa shape index (κ3) is 17.4. The van der Waals surface area contributed by atoms with Gasteiger partial charge in [-0.25, -0.2) is 9.48 Å². The third-order valence-corrected chi connectivity index (χ3v) is 3.42. The minimum atomic E-state index is -0.316. The van der Waals surface area contributed by atoms with E-state index in [1.807, 2.05) is 0 Å². The second kappa shape index (κ2) is 19.5. The summed E-state index contributed by atoms with van der Waals surface area (Å²) in [5.74, 6) is -0.438. The number of carbonyl (C=O) groups is 3. The fraction of sp³-hybridized carbons (Fsp3) is 0.471. The van der Waals surface area contributed by atoms with E-state index in [-0.39, 0.29) is 30.8 Å². The van der Waals surface area contributed by atoms with Crippen molar-refractivity contribution in [3.8, 4) is 0 Å². The van der Waals surface area contributed by atoms with Gasteiger partial charge in [0, 0.05) is 6.20 Å². The van der Waals surface area contributed by atoms with Crippen LogP contribution in [-0.2, 0) is 36.9 Å². The highest BCUT2D eigenvalue weighted by molar-refractivity contribution is 9.09. The minimum absolute atomic E-state index is 0.0842.